The Hall–Kier alpha value is -1.80. The number of amides is 1. The maximum atomic E-state index is 12.1. The third-order valence-electron chi connectivity index (χ3n) is 3.47. The van der Waals surface area contributed by atoms with Crippen LogP contribution in [0.1, 0.15) is 22.5 Å². The summed E-state index contributed by atoms with van der Waals surface area (Å²) in [7, 11) is 1.58. The molecule has 1 aliphatic heterocycles. The fraction of sp³-hybridized carbons (Fsp3) is 0.538. The molecule has 1 aromatic heterocycles. The summed E-state index contributed by atoms with van der Waals surface area (Å²) in [6.07, 6.45) is 1.71. The second kappa shape index (κ2) is 7.28. The van der Waals surface area contributed by atoms with Crippen molar-refractivity contribution in [1.29, 1.82) is 0 Å². The van der Waals surface area contributed by atoms with Gasteiger partial charge in [-0.3, -0.25) is 9.69 Å². The normalized spacial score (nSPS) is 17.7. The number of oxime groups is 1. The molecule has 1 amide bonds. The summed E-state index contributed by atoms with van der Waals surface area (Å²) in [5.74, 6) is 0.861. The van der Waals surface area contributed by atoms with Crippen LogP contribution in [-0.2, 0) is 0 Å². The number of hydrogen-bond acceptors (Lipinski definition) is 6. The topological polar surface area (TPSA) is 100 Å². The van der Waals surface area contributed by atoms with Crippen LogP contribution >= 0.6 is 11.3 Å². The largest absolute Gasteiger partial charge is 0.496 e. The van der Waals surface area contributed by atoms with Crippen molar-refractivity contribution in [3.05, 3.63) is 16.3 Å². The van der Waals surface area contributed by atoms with E-state index in [-0.39, 0.29) is 17.8 Å². The van der Waals surface area contributed by atoms with Crippen LogP contribution in [0.25, 0.3) is 0 Å². The minimum Gasteiger partial charge on any atom is -0.496 e. The van der Waals surface area contributed by atoms with Crippen molar-refractivity contribution in [1.82, 2.24) is 10.2 Å². The Labute approximate surface area is 127 Å². The second-order valence-electron chi connectivity index (χ2n) is 4.97. The molecule has 0 spiro atoms. The van der Waals surface area contributed by atoms with Gasteiger partial charge in [-0.15, -0.1) is 11.3 Å². The number of ether oxygens (including phenoxy) is 1. The Balaban J connectivity index is 1.79. The molecule has 2 heterocycles. The molecule has 0 aliphatic carbocycles. The molecule has 1 aromatic rings. The average Bonchev–Trinajstić information content (AvgIpc) is 2.98. The summed E-state index contributed by atoms with van der Waals surface area (Å²) in [6.45, 7) is 2.09. The average molecular weight is 312 g/mol. The molecule has 2 rings (SSSR count). The van der Waals surface area contributed by atoms with Gasteiger partial charge in [0, 0.05) is 30.6 Å². The number of rotatable bonds is 5. The highest BCUT2D eigenvalue weighted by Gasteiger charge is 2.22. The predicted molar refractivity (Wildman–Crippen MR) is 81.2 cm³/mol. The number of amidine groups is 1. The van der Waals surface area contributed by atoms with Gasteiger partial charge in [-0.2, -0.15) is 0 Å². The van der Waals surface area contributed by atoms with Crippen molar-refractivity contribution in [3.63, 3.8) is 0 Å². The number of methoxy groups -OCH3 is 1. The van der Waals surface area contributed by atoms with Gasteiger partial charge in [-0.1, -0.05) is 5.16 Å². The quantitative estimate of drug-likeness (QED) is 0.321. The Morgan fingerprint density at radius 2 is 2.33 bits per heavy atom. The fourth-order valence-corrected chi connectivity index (χ4v) is 3.06. The van der Waals surface area contributed by atoms with E-state index in [9.17, 15) is 4.79 Å². The monoisotopic (exact) mass is 312 g/mol. The summed E-state index contributed by atoms with van der Waals surface area (Å²) < 4.78 is 5.08. The van der Waals surface area contributed by atoms with E-state index < -0.39 is 0 Å². The molecule has 0 bridgehead atoms. The molecule has 21 heavy (non-hydrogen) atoms. The Morgan fingerprint density at radius 1 is 1.62 bits per heavy atom. The van der Waals surface area contributed by atoms with Gasteiger partial charge in [0.15, 0.2) is 5.84 Å². The number of piperidine rings is 1. The standard InChI is InChI=1S/C13H20N4O3S/c1-20-10-6-11(21-8-10)13(18)15-9-2-4-17(5-3-9)7-12(14)16-19/h6,8-9,19H,2-5,7H2,1H3,(H2,14,16)(H,15,18). The first-order chi connectivity index (χ1) is 10.1. The van der Waals surface area contributed by atoms with E-state index in [1.165, 1.54) is 11.3 Å². The number of nitrogens with one attached hydrogen (secondary N) is 1. The third-order valence-corrected chi connectivity index (χ3v) is 4.38. The van der Waals surface area contributed by atoms with Crippen LogP contribution in [0.2, 0.25) is 0 Å². The second-order valence-corrected chi connectivity index (χ2v) is 5.88. The van der Waals surface area contributed by atoms with Crippen molar-refractivity contribution in [3.8, 4) is 5.75 Å². The van der Waals surface area contributed by atoms with Gasteiger partial charge in [-0.05, 0) is 12.8 Å². The number of carbonyl (C=O) groups is 1. The minimum atomic E-state index is -0.0572. The van der Waals surface area contributed by atoms with Crippen molar-refractivity contribution in [2.75, 3.05) is 26.7 Å². The van der Waals surface area contributed by atoms with Crippen LogP contribution in [0.3, 0.4) is 0 Å². The highest BCUT2D eigenvalue weighted by Crippen LogP contribution is 2.21. The molecule has 116 valence electrons. The van der Waals surface area contributed by atoms with Crippen molar-refractivity contribution in [2.24, 2.45) is 10.9 Å². The lowest BCUT2D eigenvalue weighted by Gasteiger charge is -2.31. The zero-order chi connectivity index (χ0) is 15.2. The molecular weight excluding hydrogens is 292 g/mol. The van der Waals surface area contributed by atoms with Gasteiger partial charge in [0.2, 0.25) is 0 Å². The first kappa shape index (κ1) is 15.6. The summed E-state index contributed by atoms with van der Waals surface area (Å²) in [6, 6.07) is 1.90. The first-order valence-corrected chi connectivity index (χ1v) is 7.62. The van der Waals surface area contributed by atoms with E-state index in [0.29, 0.717) is 17.2 Å². The van der Waals surface area contributed by atoms with E-state index in [4.69, 9.17) is 15.7 Å². The van der Waals surface area contributed by atoms with Crippen molar-refractivity contribution < 1.29 is 14.7 Å². The zero-order valence-electron chi connectivity index (χ0n) is 11.9. The van der Waals surface area contributed by atoms with Gasteiger partial charge in [0.05, 0.1) is 18.5 Å². The summed E-state index contributed by atoms with van der Waals surface area (Å²) in [5.41, 5.74) is 5.49. The molecule has 8 heteroatoms. The van der Waals surface area contributed by atoms with E-state index in [1.54, 1.807) is 13.2 Å². The summed E-state index contributed by atoms with van der Waals surface area (Å²) in [5, 5.41) is 16.4. The molecule has 7 nitrogen and oxygen atoms in total. The van der Waals surface area contributed by atoms with Crippen LogP contribution in [0.4, 0.5) is 0 Å². The van der Waals surface area contributed by atoms with Crippen molar-refractivity contribution in [2.45, 2.75) is 18.9 Å². The van der Waals surface area contributed by atoms with Crippen LogP contribution < -0.4 is 15.8 Å². The van der Waals surface area contributed by atoms with Crippen molar-refractivity contribution >= 4 is 23.1 Å². The van der Waals surface area contributed by atoms with E-state index in [0.717, 1.165) is 25.9 Å². The maximum absolute atomic E-state index is 12.1. The smallest absolute Gasteiger partial charge is 0.261 e. The van der Waals surface area contributed by atoms with Gasteiger partial charge in [0.25, 0.3) is 5.91 Å². The molecule has 1 saturated heterocycles. The maximum Gasteiger partial charge on any atom is 0.261 e. The van der Waals surface area contributed by atoms with E-state index >= 15 is 0 Å². The third kappa shape index (κ3) is 4.33. The molecule has 0 atom stereocenters. The van der Waals surface area contributed by atoms with Crippen LogP contribution in [0, 0.1) is 0 Å². The molecule has 0 radical (unpaired) electrons. The number of likely N-dealkylation sites (tertiary alicyclic amines) is 1. The summed E-state index contributed by atoms with van der Waals surface area (Å²) in [4.78, 5) is 14.9. The van der Waals surface area contributed by atoms with Gasteiger partial charge in [-0.25, -0.2) is 0 Å². The molecule has 1 fully saturated rings. The number of nitrogens with two attached hydrogens (primary N) is 1. The number of carbonyl (C=O) groups excluding carboxylic acids is 1. The Morgan fingerprint density at radius 3 is 2.90 bits per heavy atom. The predicted octanol–water partition coefficient (Wildman–Crippen LogP) is 0.697. The van der Waals surface area contributed by atoms with Crippen LogP contribution in [0.15, 0.2) is 16.6 Å². The lowest BCUT2D eigenvalue weighted by Crippen LogP contribution is -2.46. The SMILES string of the molecule is COc1csc(C(=O)NC2CCN(CC(N)=NO)CC2)c1. The Bertz CT molecular complexity index is 509. The van der Waals surface area contributed by atoms with Gasteiger partial charge >= 0.3 is 0 Å². The molecule has 1 aliphatic rings. The summed E-state index contributed by atoms with van der Waals surface area (Å²) >= 11 is 1.38. The molecular formula is C13H20N4O3S. The lowest BCUT2D eigenvalue weighted by molar-refractivity contribution is 0.0918. The first-order valence-electron chi connectivity index (χ1n) is 6.74. The number of hydrogen-bond donors (Lipinski definition) is 3. The molecule has 0 unspecified atom stereocenters. The molecule has 0 aromatic carbocycles. The Kier molecular flexibility index (Phi) is 5.40. The van der Waals surface area contributed by atoms with Crippen LogP contribution in [-0.4, -0.2) is 54.6 Å². The number of nitrogens with zero attached hydrogens (tertiary/aromatic N) is 2. The molecule has 0 saturated carbocycles. The van der Waals surface area contributed by atoms with Gasteiger partial charge in [0.1, 0.15) is 5.75 Å². The van der Waals surface area contributed by atoms with Crippen LogP contribution in [0.5, 0.6) is 5.75 Å². The van der Waals surface area contributed by atoms with Gasteiger partial charge < -0.3 is 21.0 Å². The van der Waals surface area contributed by atoms with E-state index in [2.05, 4.69) is 15.4 Å². The zero-order valence-corrected chi connectivity index (χ0v) is 12.7. The van der Waals surface area contributed by atoms with E-state index in [1.807, 2.05) is 5.38 Å². The highest BCUT2D eigenvalue weighted by molar-refractivity contribution is 7.12. The molecule has 4 N–H and O–H groups in total. The fourth-order valence-electron chi connectivity index (χ4n) is 2.30. The minimum absolute atomic E-state index is 0.0572. The number of thiophene rings is 1. The lowest BCUT2D eigenvalue weighted by atomic mass is 10.0. The highest BCUT2D eigenvalue weighted by atomic mass is 32.1.